The molecular weight excluding hydrogens is 356 g/mol. The minimum atomic E-state index is -0.527. The van der Waals surface area contributed by atoms with E-state index in [1.54, 1.807) is 7.11 Å². The predicted octanol–water partition coefficient (Wildman–Crippen LogP) is 2.65. The number of nitrogens with two attached hydrogens (primary N) is 1. The van der Waals surface area contributed by atoms with Gasteiger partial charge < -0.3 is 25.3 Å². The molecule has 1 aliphatic rings. The zero-order valence-corrected chi connectivity index (χ0v) is 16.3. The molecule has 28 heavy (non-hydrogen) atoms. The van der Waals surface area contributed by atoms with Crippen LogP contribution in [0.15, 0.2) is 48.5 Å². The SMILES string of the molecule is COc1cc(CNC(=O)C2(CN)CCOCC2)ccc1OCc1ccccc1. The van der Waals surface area contributed by atoms with Crippen molar-refractivity contribution in [2.75, 3.05) is 26.9 Å². The number of benzene rings is 2. The maximum absolute atomic E-state index is 12.7. The second-order valence-electron chi connectivity index (χ2n) is 7.04. The average molecular weight is 384 g/mol. The highest BCUT2D eigenvalue weighted by Gasteiger charge is 2.38. The van der Waals surface area contributed by atoms with Crippen LogP contribution < -0.4 is 20.5 Å². The summed E-state index contributed by atoms with van der Waals surface area (Å²) in [4.78, 5) is 12.7. The van der Waals surface area contributed by atoms with Gasteiger partial charge in [0, 0.05) is 26.3 Å². The Labute approximate surface area is 166 Å². The molecule has 1 amide bonds. The Balaban J connectivity index is 1.61. The second-order valence-corrected chi connectivity index (χ2v) is 7.04. The molecule has 0 aromatic heterocycles. The fourth-order valence-electron chi connectivity index (χ4n) is 3.33. The Morgan fingerprint density at radius 1 is 1.11 bits per heavy atom. The molecule has 1 aliphatic heterocycles. The van der Waals surface area contributed by atoms with Crippen molar-refractivity contribution in [3.8, 4) is 11.5 Å². The Morgan fingerprint density at radius 2 is 1.86 bits per heavy atom. The van der Waals surface area contributed by atoms with Gasteiger partial charge in [-0.1, -0.05) is 36.4 Å². The van der Waals surface area contributed by atoms with Crippen molar-refractivity contribution >= 4 is 5.91 Å². The van der Waals surface area contributed by atoms with E-state index in [9.17, 15) is 4.79 Å². The van der Waals surface area contributed by atoms with Crippen LogP contribution in [0.25, 0.3) is 0 Å². The monoisotopic (exact) mass is 384 g/mol. The maximum atomic E-state index is 12.7. The molecule has 6 heteroatoms. The highest BCUT2D eigenvalue weighted by molar-refractivity contribution is 5.83. The molecular formula is C22H28N2O4. The fraction of sp³-hybridized carbons (Fsp3) is 0.409. The lowest BCUT2D eigenvalue weighted by Gasteiger charge is -2.34. The summed E-state index contributed by atoms with van der Waals surface area (Å²) in [5, 5.41) is 3.02. The van der Waals surface area contributed by atoms with Crippen LogP contribution >= 0.6 is 0 Å². The zero-order chi connectivity index (χ0) is 19.8. The maximum Gasteiger partial charge on any atom is 0.227 e. The molecule has 0 atom stereocenters. The molecule has 1 saturated heterocycles. The summed E-state index contributed by atoms with van der Waals surface area (Å²) in [5.41, 5.74) is 7.40. The first-order valence-electron chi connectivity index (χ1n) is 9.56. The van der Waals surface area contributed by atoms with Crippen LogP contribution in [0.4, 0.5) is 0 Å². The minimum Gasteiger partial charge on any atom is -0.493 e. The molecule has 3 rings (SSSR count). The Kier molecular flexibility index (Phi) is 6.90. The van der Waals surface area contributed by atoms with Crippen LogP contribution in [0.5, 0.6) is 11.5 Å². The van der Waals surface area contributed by atoms with E-state index < -0.39 is 5.41 Å². The number of nitrogens with one attached hydrogen (secondary N) is 1. The lowest BCUT2D eigenvalue weighted by atomic mass is 9.79. The standard InChI is InChI=1S/C22H28N2O4/c1-26-20-13-18(7-8-19(20)28-15-17-5-3-2-4-6-17)14-24-21(25)22(16-23)9-11-27-12-10-22/h2-8,13H,9-12,14-16,23H2,1H3,(H,24,25). The van der Waals surface area contributed by atoms with E-state index in [2.05, 4.69) is 5.32 Å². The number of amides is 1. The van der Waals surface area contributed by atoms with Crippen molar-refractivity contribution in [3.63, 3.8) is 0 Å². The van der Waals surface area contributed by atoms with E-state index in [1.807, 2.05) is 48.5 Å². The molecule has 6 nitrogen and oxygen atoms in total. The van der Waals surface area contributed by atoms with Crippen molar-refractivity contribution < 1.29 is 19.0 Å². The third kappa shape index (κ3) is 4.82. The fourth-order valence-corrected chi connectivity index (χ4v) is 3.33. The van der Waals surface area contributed by atoms with Crippen LogP contribution in [-0.4, -0.2) is 32.8 Å². The van der Waals surface area contributed by atoms with Gasteiger partial charge in [0.1, 0.15) is 6.61 Å². The number of carbonyl (C=O) groups is 1. The zero-order valence-electron chi connectivity index (χ0n) is 16.3. The van der Waals surface area contributed by atoms with E-state index in [0.717, 1.165) is 11.1 Å². The smallest absolute Gasteiger partial charge is 0.227 e. The van der Waals surface area contributed by atoms with Gasteiger partial charge in [0.15, 0.2) is 11.5 Å². The number of methoxy groups -OCH3 is 1. The topological polar surface area (TPSA) is 82.8 Å². The van der Waals surface area contributed by atoms with Gasteiger partial charge in [0.2, 0.25) is 5.91 Å². The number of rotatable bonds is 8. The van der Waals surface area contributed by atoms with Gasteiger partial charge in [-0.15, -0.1) is 0 Å². The molecule has 2 aromatic rings. The number of hydrogen-bond donors (Lipinski definition) is 2. The Hall–Kier alpha value is -2.57. The molecule has 1 heterocycles. The van der Waals surface area contributed by atoms with Crippen molar-refractivity contribution in [1.29, 1.82) is 0 Å². The second kappa shape index (κ2) is 9.57. The van der Waals surface area contributed by atoms with Crippen LogP contribution in [0.3, 0.4) is 0 Å². The lowest BCUT2D eigenvalue weighted by Crippen LogP contribution is -2.48. The molecule has 0 bridgehead atoms. The van der Waals surface area contributed by atoms with Crippen LogP contribution in [0, 0.1) is 5.41 Å². The van der Waals surface area contributed by atoms with Crippen molar-refractivity contribution in [1.82, 2.24) is 5.32 Å². The van der Waals surface area contributed by atoms with Gasteiger partial charge in [-0.2, -0.15) is 0 Å². The van der Waals surface area contributed by atoms with Crippen molar-refractivity contribution in [2.45, 2.75) is 26.0 Å². The molecule has 0 unspecified atom stereocenters. The molecule has 150 valence electrons. The Bertz CT molecular complexity index is 773. The van der Waals surface area contributed by atoms with Crippen LogP contribution in [0.2, 0.25) is 0 Å². The van der Waals surface area contributed by atoms with Crippen LogP contribution in [-0.2, 0) is 22.7 Å². The van der Waals surface area contributed by atoms with E-state index in [-0.39, 0.29) is 5.91 Å². The van der Waals surface area contributed by atoms with E-state index in [0.29, 0.717) is 57.3 Å². The van der Waals surface area contributed by atoms with Gasteiger partial charge >= 0.3 is 0 Å². The third-order valence-electron chi connectivity index (χ3n) is 5.24. The Morgan fingerprint density at radius 3 is 2.54 bits per heavy atom. The van der Waals surface area contributed by atoms with Gasteiger partial charge in [-0.25, -0.2) is 0 Å². The first-order chi connectivity index (χ1) is 13.7. The molecule has 0 aliphatic carbocycles. The summed E-state index contributed by atoms with van der Waals surface area (Å²) in [7, 11) is 1.61. The molecule has 2 aromatic carbocycles. The highest BCUT2D eigenvalue weighted by atomic mass is 16.5. The molecule has 3 N–H and O–H groups in total. The third-order valence-corrected chi connectivity index (χ3v) is 5.24. The first kappa shape index (κ1) is 20.2. The van der Waals surface area contributed by atoms with E-state index >= 15 is 0 Å². The minimum absolute atomic E-state index is 0.0123. The first-order valence-corrected chi connectivity index (χ1v) is 9.56. The molecule has 0 spiro atoms. The largest absolute Gasteiger partial charge is 0.493 e. The van der Waals surface area contributed by atoms with E-state index in [4.69, 9.17) is 19.9 Å². The summed E-state index contributed by atoms with van der Waals surface area (Å²) in [6, 6.07) is 15.7. The van der Waals surface area contributed by atoms with Gasteiger partial charge in [0.25, 0.3) is 0 Å². The summed E-state index contributed by atoms with van der Waals surface area (Å²) in [6.07, 6.45) is 1.32. The number of hydrogen-bond acceptors (Lipinski definition) is 5. The quantitative estimate of drug-likeness (QED) is 0.731. The summed E-state index contributed by atoms with van der Waals surface area (Å²) in [6.45, 7) is 2.36. The number of carbonyl (C=O) groups excluding carboxylic acids is 1. The molecule has 0 saturated carbocycles. The van der Waals surface area contributed by atoms with Crippen LogP contribution in [0.1, 0.15) is 24.0 Å². The van der Waals surface area contributed by atoms with Gasteiger partial charge in [0.05, 0.1) is 12.5 Å². The lowest BCUT2D eigenvalue weighted by molar-refractivity contribution is -0.136. The summed E-state index contributed by atoms with van der Waals surface area (Å²) < 4.78 is 16.7. The van der Waals surface area contributed by atoms with Crippen molar-refractivity contribution in [2.24, 2.45) is 11.1 Å². The molecule has 0 radical (unpaired) electrons. The van der Waals surface area contributed by atoms with E-state index in [1.165, 1.54) is 0 Å². The average Bonchev–Trinajstić information content (AvgIpc) is 2.77. The molecule has 1 fully saturated rings. The highest BCUT2D eigenvalue weighted by Crippen LogP contribution is 2.31. The van der Waals surface area contributed by atoms with Crippen molar-refractivity contribution in [3.05, 3.63) is 59.7 Å². The summed E-state index contributed by atoms with van der Waals surface area (Å²) >= 11 is 0. The normalized spacial score (nSPS) is 15.6. The summed E-state index contributed by atoms with van der Waals surface area (Å²) in [5.74, 6) is 1.30. The number of ether oxygens (including phenoxy) is 3. The predicted molar refractivity (Wildman–Crippen MR) is 107 cm³/mol. The van der Waals surface area contributed by atoms with Gasteiger partial charge in [-0.3, -0.25) is 4.79 Å². The van der Waals surface area contributed by atoms with Gasteiger partial charge in [-0.05, 0) is 36.1 Å².